The molecule has 0 aromatic heterocycles. The normalized spacial score (nSPS) is 22.2. The van der Waals surface area contributed by atoms with Gasteiger partial charge in [-0.15, -0.1) is 0 Å². The molecule has 90 valence electrons. The van der Waals surface area contributed by atoms with Crippen LogP contribution in [0.2, 0.25) is 0 Å². The molecular weight excluding hydrogens is 188 g/mol. The van der Waals surface area contributed by atoms with Gasteiger partial charge in [0.05, 0.1) is 6.10 Å². The van der Waals surface area contributed by atoms with Gasteiger partial charge in [-0.25, -0.2) is 0 Å². The van der Waals surface area contributed by atoms with E-state index in [0.29, 0.717) is 6.10 Å². The zero-order valence-corrected chi connectivity index (χ0v) is 10.2. The number of rotatable bonds is 7. The Morgan fingerprint density at radius 1 is 1.20 bits per heavy atom. The van der Waals surface area contributed by atoms with Gasteiger partial charge in [0.2, 0.25) is 0 Å². The first-order valence-electron chi connectivity index (χ1n) is 6.32. The Balaban J connectivity index is 1.83. The highest BCUT2D eigenvalue weighted by Crippen LogP contribution is 2.11. The van der Waals surface area contributed by atoms with Crippen LogP contribution in [-0.4, -0.2) is 38.9 Å². The van der Waals surface area contributed by atoms with E-state index in [1.54, 1.807) is 0 Å². The van der Waals surface area contributed by atoms with E-state index in [2.05, 4.69) is 24.5 Å². The minimum absolute atomic E-state index is 0.462. The lowest BCUT2D eigenvalue weighted by Crippen LogP contribution is -2.36. The summed E-state index contributed by atoms with van der Waals surface area (Å²) in [5, 5.41) is 6.86. The molecule has 1 atom stereocenters. The molecule has 1 unspecified atom stereocenters. The van der Waals surface area contributed by atoms with Gasteiger partial charge < -0.3 is 15.4 Å². The van der Waals surface area contributed by atoms with Gasteiger partial charge in [-0.1, -0.05) is 13.8 Å². The van der Waals surface area contributed by atoms with Crippen molar-refractivity contribution in [1.82, 2.24) is 10.6 Å². The SMILES string of the molecule is CC(C)CNCCNCC1CCCCO1. The molecule has 15 heavy (non-hydrogen) atoms. The summed E-state index contributed by atoms with van der Waals surface area (Å²) < 4.78 is 5.64. The zero-order chi connectivity index (χ0) is 10.9. The van der Waals surface area contributed by atoms with Crippen LogP contribution in [0.3, 0.4) is 0 Å². The molecule has 3 nitrogen and oxygen atoms in total. The molecule has 0 saturated carbocycles. The van der Waals surface area contributed by atoms with E-state index in [4.69, 9.17) is 4.74 Å². The zero-order valence-electron chi connectivity index (χ0n) is 10.2. The van der Waals surface area contributed by atoms with Gasteiger partial charge in [0.15, 0.2) is 0 Å². The van der Waals surface area contributed by atoms with Gasteiger partial charge in [0.1, 0.15) is 0 Å². The highest BCUT2D eigenvalue weighted by molar-refractivity contribution is 4.66. The second kappa shape index (κ2) is 8.08. The molecule has 3 heteroatoms. The number of nitrogens with one attached hydrogen (secondary N) is 2. The van der Waals surface area contributed by atoms with Crippen molar-refractivity contribution in [2.45, 2.75) is 39.2 Å². The maximum atomic E-state index is 5.64. The number of ether oxygens (including phenoxy) is 1. The predicted octanol–water partition coefficient (Wildman–Crippen LogP) is 1.39. The van der Waals surface area contributed by atoms with E-state index < -0.39 is 0 Å². The van der Waals surface area contributed by atoms with Crippen molar-refractivity contribution in [2.75, 3.05) is 32.8 Å². The first-order chi connectivity index (χ1) is 7.29. The minimum Gasteiger partial charge on any atom is -0.377 e. The summed E-state index contributed by atoms with van der Waals surface area (Å²) in [6, 6.07) is 0. The molecule has 0 amide bonds. The molecule has 1 saturated heterocycles. The first-order valence-corrected chi connectivity index (χ1v) is 6.32. The third kappa shape index (κ3) is 6.88. The van der Waals surface area contributed by atoms with Gasteiger partial charge >= 0.3 is 0 Å². The number of hydrogen-bond acceptors (Lipinski definition) is 3. The van der Waals surface area contributed by atoms with E-state index in [9.17, 15) is 0 Å². The Kier molecular flexibility index (Phi) is 6.98. The molecule has 1 fully saturated rings. The average Bonchev–Trinajstić information content (AvgIpc) is 2.24. The Hall–Kier alpha value is -0.120. The van der Waals surface area contributed by atoms with Crippen molar-refractivity contribution >= 4 is 0 Å². The van der Waals surface area contributed by atoms with Crippen LogP contribution in [0.5, 0.6) is 0 Å². The van der Waals surface area contributed by atoms with Crippen LogP contribution >= 0.6 is 0 Å². The Labute approximate surface area is 94.0 Å². The predicted molar refractivity (Wildman–Crippen MR) is 64.2 cm³/mol. The quantitative estimate of drug-likeness (QED) is 0.628. The van der Waals surface area contributed by atoms with Gasteiger partial charge in [-0.2, -0.15) is 0 Å². The monoisotopic (exact) mass is 214 g/mol. The van der Waals surface area contributed by atoms with E-state index in [0.717, 1.165) is 38.7 Å². The lowest BCUT2D eigenvalue weighted by molar-refractivity contribution is 0.0171. The summed E-state index contributed by atoms with van der Waals surface area (Å²) in [4.78, 5) is 0. The molecule has 0 radical (unpaired) electrons. The maximum absolute atomic E-state index is 5.64. The first kappa shape index (κ1) is 12.9. The van der Waals surface area contributed by atoms with Crippen molar-refractivity contribution in [3.8, 4) is 0 Å². The fraction of sp³-hybridized carbons (Fsp3) is 1.00. The molecule has 0 bridgehead atoms. The lowest BCUT2D eigenvalue weighted by Gasteiger charge is -2.22. The molecular formula is C12H26N2O. The van der Waals surface area contributed by atoms with Crippen molar-refractivity contribution in [3.05, 3.63) is 0 Å². The van der Waals surface area contributed by atoms with Crippen LogP contribution in [0.4, 0.5) is 0 Å². The highest BCUT2D eigenvalue weighted by Gasteiger charge is 2.12. The third-order valence-electron chi connectivity index (χ3n) is 2.68. The molecule has 1 heterocycles. The smallest absolute Gasteiger partial charge is 0.0699 e. The largest absolute Gasteiger partial charge is 0.377 e. The molecule has 1 rings (SSSR count). The van der Waals surface area contributed by atoms with Crippen molar-refractivity contribution in [1.29, 1.82) is 0 Å². The average molecular weight is 214 g/mol. The molecule has 2 N–H and O–H groups in total. The molecule has 1 aliphatic heterocycles. The molecule has 0 spiro atoms. The lowest BCUT2D eigenvalue weighted by atomic mass is 10.1. The molecule has 0 aromatic rings. The van der Waals surface area contributed by atoms with Crippen LogP contribution in [0.25, 0.3) is 0 Å². The molecule has 0 aliphatic carbocycles. The van der Waals surface area contributed by atoms with E-state index in [-0.39, 0.29) is 0 Å². The van der Waals surface area contributed by atoms with Gasteiger partial charge in [-0.3, -0.25) is 0 Å². The van der Waals surface area contributed by atoms with Crippen molar-refractivity contribution in [2.24, 2.45) is 5.92 Å². The summed E-state index contributed by atoms with van der Waals surface area (Å²) in [6.45, 7) is 9.66. The summed E-state index contributed by atoms with van der Waals surface area (Å²) in [5.74, 6) is 0.742. The maximum Gasteiger partial charge on any atom is 0.0699 e. The fourth-order valence-electron chi connectivity index (χ4n) is 1.80. The van der Waals surface area contributed by atoms with Crippen LogP contribution in [0.15, 0.2) is 0 Å². The molecule has 0 aromatic carbocycles. The van der Waals surface area contributed by atoms with Crippen molar-refractivity contribution in [3.63, 3.8) is 0 Å². The Morgan fingerprint density at radius 3 is 2.67 bits per heavy atom. The second-order valence-electron chi connectivity index (χ2n) is 4.79. The summed E-state index contributed by atoms with van der Waals surface area (Å²) in [6.07, 6.45) is 4.26. The Morgan fingerprint density at radius 2 is 2.00 bits per heavy atom. The summed E-state index contributed by atoms with van der Waals surface area (Å²) in [7, 11) is 0. The fourth-order valence-corrected chi connectivity index (χ4v) is 1.80. The van der Waals surface area contributed by atoms with E-state index in [1.165, 1.54) is 19.3 Å². The number of hydrogen-bond donors (Lipinski definition) is 2. The third-order valence-corrected chi connectivity index (χ3v) is 2.68. The van der Waals surface area contributed by atoms with Crippen LogP contribution in [0, 0.1) is 5.92 Å². The summed E-state index contributed by atoms with van der Waals surface area (Å²) >= 11 is 0. The van der Waals surface area contributed by atoms with Crippen LogP contribution < -0.4 is 10.6 Å². The van der Waals surface area contributed by atoms with Gasteiger partial charge in [0.25, 0.3) is 0 Å². The second-order valence-corrected chi connectivity index (χ2v) is 4.79. The van der Waals surface area contributed by atoms with E-state index in [1.807, 2.05) is 0 Å². The van der Waals surface area contributed by atoms with Gasteiger partial charge in [0, 0.05) is 26.2 Å². The topological polar surface area (TPSA) is 33.3 Å². The standard InChI is InChI=1S/C12H26N2O/c1-11(2)9-13-6-7-14-10-12-5-3-4-8-15-12/h11-14H,3-10H2,1-2H3. The summed E-state index contributed by atoms with van der Waals surface area (Å²) in [5.41, 5.74) is 0. The molecule has 1 aliphatic rings. The van der Waals surface area contributed by atoms with Crippen molar-refractivity contribution < 1.29 is 4.74 Å². The van der Waals surface area contributed by atoms with E-state index >= 15 is 0 Å². The van der Waals surface area contributed by atoms with Crippen LogP contribution in [0.1, 0.15) is 33.1 Å². The highest BCUT2D eigenvalue weighted by atomic mass is 16.5. The van der Waals surface area contributed by atoms with Crippen LogP contribution in [-0.2, 0) is 4.74 Å². The minimum atomic E-state index is 0.462. The Bertz CT molecular complexity index is 145. The van der Waals surface area contributed by atoms with Gasteiger partial charge in [-0.05, 0) is 31.7 Å².